The van der Waals surface area contributed by atoms with E-state index in [1.807, 2.05) is 30.3 Å². The molecule has 0 aliphatic carbocycles. The van der Waals surface area contributed by atoms with Crippen LogP contribution in [0.5, 0.6) is 5.75 Å². The number of allylic oxidation sites excluding steroid dienone is 2. The van der Waals surface area contributed by atoms with Gasteiger partial charge in [-0.15, -0.1) is 0 Å². The molecule has 0 saturated carbocycles. The molecular weight excluding hydrogens is 439 g/mol. The molecule has 0 saturated heterocycles. The van der Waals surface area contributed by atoms with Crippen LogP contribution in [0.3, 0.4) is 0 Å². The van der Waals surface area contributed by atoms with E-state index < -0.39 is 0 Å². The number of para-hydroxylation sites is 1. The first kappa shape index (κ1) is 26.2. The van der Waals surface area contributed by atoms with Crippen molar-refractivity contribution in [3.63, 3.8) is 0 Å². The minimum Gasteiger partial charge on any atom is -0.427 e. The van der Waals surface area contributed by atoms with Gasteiger partial charge in [-0.25, -0.2) is 0 Å². The summed E-state index contributed by atoms with van der Waals surface area (Å²) in [7, 11) is 0. The van der Waals surface area contributed by atoms with Gasteiger partial charge in [0, 0.05) is 30.3 Å². The fourth-order valence-electron chi connectivity index (χ4n) is 3.01. The Morgan fingerprint density at radius 1 is 0.778 bits per heavy atom. The topological polar surface area (TPSA) is 26.3 Å². The zero-order valence-corrected chi connectivity index (χ0v) is 20.1. The summed E-state index contributed by atoms with van der Waals surface area (Å²) in [6.45, 7) is 2.27. The van der Waals surface area contributed by atoms with Crippen LogP contribution in [-0.2, 0) is 4.79 Å². The number of benzene rings is 1. The summed E-state index contributed by atoms with van der Waals surface area (Å²) in [5, 5.41) is 0. The molecule has 4 radical (unpaired) electrons. The first-order valence-corrected chi connectivity index (χ1v) is 10.7. The fourth-order valence-corrected chi connectivity index (χ4v) is 3.01. The van der Waals surface area contributed by atoms with E-state index in [1.165, 1.54) is 70.6 Å². The number of unbranched alkanes of at least 4 members (excludes halogenated alkanes) is 11. The molecule has 2 nitrogen and oxygen atoms in total. The van der Waals surface area contributed by atoms with E-state index in [4.69, 9.17) is 4.74 Å². The van der Waals surface area contributed by atoms with Crippen molar-refractivity contribution in [2.75, 3.05) is 0 Å². The van der Waals surface area contributed by atoms with Crippen molar-refractivity contribution in [2.45, 2.75) is 96.8 Å². The molecule has 0 atom stereocenters. The summed E-state index contributed by atoms with van der Waals surface area (Å²) < 4.78 is 5.29. The number of hydrogen-bond donors (Lipinski definition) is 0. The number of carbonyl (C=O) groups excluding carboxylic acids is 1. The molecule has 0 spiro atoms. The van der Waals surface area contributed by atoms with Gasteiger partial charge in [0.15, 0.2) is 0 Å². The van der Waals surface area contributed by atoms with Crippen molar-refractivity contribution < 1.29 is 9.53 Å². The van der Waals surface area contributed by atoms with E-state index in [2.05, 4.69) is 19.1 Å². The van der Waals surface area contributed by atoms with Crippen molar-refractivity contribution in [1.82, 2.24) is 0 Å². The number of esters is 1. The van der Waals surface area contributed by atoms with Gasteiger partial charge in [-0.05, 0) is 44.2 Å². The van der Waals surface area contributed by atoms with Crippen LogP contribution in [0.2, 0.25) is 0 Å². The van der Waals surface area contributed by atoms with Crippen LogP contribution in [0.25, 0.3) is 0 Å². The molecule has 150 valence electrons. The van der Waals surface area contributed by atoms with Crippen molar-refractivity contribution in [3.8, 4) is 5.75 Å². The first-order valence-electron chi connectivity index (χ1n) is 10.7. The van der Waals surface area contributed by atoms with E-state index in [9.17, 15) is 4.79 Å². The van der Waals surface area contributed by atoms with Gasteiger partial charge >= 0.3 is 5.97 Å². The van der Waals surface area contributed by atoms with Crippen molar-refractivity contribution >= 4 is 29.9 Å². The van der Waals surface area contributed by atoms with Crippen molar-refractivity contribution in [3.05, 3.63) is 42.5 Å². The molecule has 1 aromatic rings. The number of hydrogen-bond acceptors (Lipinski definition) is 2. The monoisotopic (exact) mass is 478 g/mol. The third kappa shape index (κ3) is 17.1. The molecule has 3 heteroatoms. The van der Waals surface area contributed by atoms with E-state index in [-0.39, 0.29) is 29.9 Å². The standard InChI is InChI=1S/C24H38O2.Sn/c1-2-3-4-5-6-7-8-9-10-11-12-13-14-15-19-22-24(25)26-23-20-17-16-18-21-23;/h9-10,16-18,20-21H,2-8,11-15,19,22H2,1H3;/b10-9-;. The first-order chi connectivity index (χ1) is 12.8. The Morgan fingerprint density at radius 3 is 1.89 bits per heavy atom. The largest absolute Gasteiger partial charge is 0.427 e. The van der Waals surface area contributed by atoms with Crippen LogP contribution < -0.4 is 4.74 Å². The van der Waals surface area contributed by atoms with Gasteiger partial charge in [-0.1, -0.05) is 88.6 Å². The van der Waals surface area contributed by atoms with E-state index in [0.29, 0.717) is 12.2 Å². The predicted molar refractivity (Wildman–Crippen MR) is 117 cm³/mol. The summed E-state index contributed by atoms with van der Waals surface area (Å²) >= 11 is 0. The predicted octanol–water partition coefficient (Wildman–Crippen LogP) is 7.25. The molecule has 0 aliphatic heterocycles. The van der Waals surface area contributed by atoms with E-state index in [1.54, 1.807) is 0 Å². The van der Waals surface area contributed by atoms with Gasteiger partial charge < -0.3 is 4.74 Å². The molecule has 1 aromatic carbocycles. The van der Waals surface area contributed by atoms with Crippen LogP contribution in [-0.4, -0.2) is 29.9 Å². The molecule has 0 amide bonds. The third-order valence-electron chi connectivity index (χ3n) is 4.62. The Labute approximate surface area is 184 Å². The minimum atomic E-state index is -0.117. The Morgan fingerprint density at radius 2 is 1.30 bits per heavy atom. The number of carbonyl (C=O) groups is 1. The second-order valence-corrected chi connectivity index (χ2v) is 7.12. The summed E-state index contributed by atoms with van der Waals surface area (Å²) in [6.07, 6.45) is 21.7. The van der Waals surface area contributed by atoms with E-state index in [0.717, 1.165) is 12.8 Å². The summed E-state index contributed by atoms with van der Waals surface area (Å²) in [6, 6.07) is 9.31. The summed E-state index contributed by atoms with van der Waals surface area (Å²) in [4.78, 5) is 11.7. The van der Waals surface area contributed by atoms with Gasteiger partial charge in [0.1, 0.15) is 5.75 Å². The van der Waals surface area contributed by atoms with Gasteiger partial charge in [0.05, 0.1) is 0 Å². The van der Waals surface area contributed by atoms with Crippen molar-refractivity contribution in [2.24, 2.45) is 0 Å². The van der Waals surface area contributed by atoms with Crippen LogP contribution in [0.15, 0.2) is 42.5 Å². The smallest absolute Gasteiger partial charge is 0.311 e. The average molecular weight is 477 g/mol. The van der Waals surface area contributed by atoms with Crippen molar-refractivity contribution in [1.29, 1.82) is 0 Å². The zero-order valence-electron chi connectivity index (χ0n) is 17.3. The second-order valence-electron chi connectivity index (χ2n) is 7.12. The van der Waals surface area contributed by atoms with Crippen LogP contribution in [0, 0.1) is 0 Å². The average Bonchev–Trinajstić information content (AvgIpc) is 2.65. The maximum Gasteiger partial charge on any atom is 0.311 e. The Kier molecular flexibility index (Phi) is 19.4. The second kappa shape index (κ2) is 20.0. The third-order valence-corrected chi connectivity index (χ3v) is 4.62. The molecular formula is C24H38O2Sn. The molecule has 27 heavy (non-hydrogen) atoms. The molecule has 0 heterocycles. The normalized spacial score (nSPS) is 10.7. The Hall–Kier alpha value is -0.771. The maximum atomic E-state index is 11.7. The fraction of sp³-hybridized carbons (Fsp3) is 0.625. The molecule has 0 unspecified atom stereocenters. The number of rotatable bonds is 16. The molecule has 0 aliphatic rings. The van der Waals surface area contributed by atoms with Crippen LogP contribution >= 0.6 is 0 Å². The summed E-state index contributed by atoms with van der Waals surface area (Å²) in [5.41, 5.74) is 0. The van der Waals surface area contributed by atoms with Gasteiger partial charge in [0.25, 0.3) is 0 Å². The Bertz CT molecular complexity index is 471. The molecule has 0 bridgehead atoms. The zero-order chi connectivity index (χ0) is 18.7. The summed E-state index contributed by atoms with van der Waals surface area (Å²) in [5.74, 6) is 0.527. The Balaban J connectivity index is 0.00000676. The molecule has 0 aromatic heterocycles. The van der Waals surface area contributed by atoms with Crippen LogP contribution in [0.4, 0.5) is 0 Å². The molecule has 0 fully saturated rings. The van der Waals surface area contributed by atoms with Gasteiger partial charge in [-0.2, -0.15) is 0 Å². The van der Waals surface area contributed by atoms with Crippen LogP contribution in [0.1, 0.15) is 96.8 Å². The van der Waals surface area contributed by atoms with Gasteiger partial charge in [0.2, 0.25) is 0 Å². The van der Waals surface area contributed by atoms with Gasteiger partial charge in [-0.3, -0.25) is 4.79 Å². The quantitative estimate of drug-likeness (QED) is 0.0825. The molecule has 0 N–H and O–H groups in total. The maximum absolute atomic E-state index is 11.7. The SMILES string of the molecule is CCCCCCCC/C=C\CCCCCCCC(=O)Oc1ccccc1.[Sn]. The molecule has 1 rings (SSSR count). The number of ether oxygens (including phenoxy) is 1. The van der Waals surface area contributed by atoms with E-state index >= 15 is 0 Å². The minimum absolute atomic E-state index is 0.